The fraction of sp³-hybridized carbons (Fsp3) is 0.750. The molecular weight excluding hydrogens is 206 g/mol. The van der Waals surface area contributed by atoms with Gasteiger partial charge in [-0.05, 0) is 40.0 Å². The van der Waals surface area contributed by atoms with Gasteiger partial charge in [0.2, 0.25) is 0 Å². The summed E-state index contributed by atoms with van der Waals surface area (Å²) >= 11 is 0. The summed E-state index contributed by atoms with van der Waals surface area (Å²) < 4.78 is 5.26. The SMILES string of the molecule is CC(C)(C)OC(=O)N1CCC/C=C\CCO1. The molecule has 0 aromatic rings. The van der Waals surface area contributed by atoms with Gasteiger partial charge in [-0.2, -0.15) is 5.06 Å². The van der Waals surface area contributed by atoms with Gasteiger partial charge in [0.05, 0.1) is 13.2 Å². The molecule has 0 bridgehead atoms. The number of amides is 1. The third-order valence-electron chi connectivity index (χ3n) is 2.03. The van der Waals surface area contributed by atoms with Gasteiger partial charge in [0, 0.05) is 0 Å². The Labute approximate surface area is 97.2 Å². The van der Waals surface area contributed by atoms with Crippen LogP contribution in [0.1, 0.15) is 40.0 Å². The third kappa shape index (κ3) is 5.16. The predicted molar refractivity (Wildman–Crippen MR) is 61.9 cm³/mol. The summed E-state index contributed by atoms with van der Waals surface area (Å²) in [4.78, 5) is 17.1. The molecular formula is C12H21NO3. The van der Waals surface area contributed by atoms with Crippen LogP contribution < -0.4 is 0 Å². The van der Waals surface area contributed by atoms with Crippen LogP contribution in [0.5, 0.6) is 0 Å². The maximum Gasteiger partial charge on any atom is 0.434 e. The van der Waals surface area contributed by atoms with E-state index in [1.807, 2.05) is 20.8 Å². The fourth-order valence-corrected chi connectivity index (χ4v) is 1.34. The van der Waals surface area contributed by atoms with Crippen molar-refractivity contribution in [1.82, 2.24) is 5.06 Å². The number of hydrogen-bond acceptors (Lipinski definition) is 3. The Balaban J connectivity index is 2.47. The molecule has 92 valence electrons. The standard InChI is InChI=1S/C12H21NO3/c1-12(2,3)16-11(14)13-9-7-5-4-6-8-10-15-13/h4,6H,5,7-10H2,1-3H3/b6-4-. The van der Waals surface area contributed by atoms with E-state index in [0.29, 0.717) is 13.2 Å². The first-order valence-electron chi connectivity index (χ1n) is 5.77. The number of allylic oxidation sites excluding steroid dienone is 1. The molecule has 0 saturated heterocycles. The molecule has 16 heavy (non-hydrogen) atoms. The van der Waals surface area contributed by atoms with Crippen LogP contribution in [0.4, 0.5) is 4.79 Å². The molecule has 0 unspecified atom stereocenters. The Bertz CT molecular complexity index is 243. The third-order valence-corrected chi connectivity index (χ3v) is 2.03. The van der Waals surface area contributed by atoms with Gasteiger partial charge in [-0.1, -0.05) is 12.2 Å². The molecule has 0 fully saturated rings. The molecule has 0 atom stereocenters. The summed E-state index contributed by atoms with van der Waals surface area (Å²) in [5, 5.41) is 1.33. The van der Waals surface area contributed by atoms with Crippen molar-refractivity contribution in [3.8, 4) is 0 Å². The number of hydrogen-bond donors (Lipinski definition) is 0. The Morgan fingerprint density at radius 2 is 2.00 bits per heavy atom. The van der Waals surface area contributed by atoms with Crippen molar-refractivity contribution in [3.05, 3.63) is 12.2 Å². The molecule has 1 amide bonds. The van der Waals surface area contributed by atoms with Gasteiger partial charge in [0.1, 0.15) is 5.60 Å². The first-order valence-corrected chi connectivity index (χ1v) is 5.77. The Morgan fingerprint density at radius 3 is 2.69 bits per heavy atom. The van der Waals surface area contributed by atoms with Crippen molar-refractivity contribution in [2.75, 3.05) is 13.2 Å². The second kappa shape index (κ2) is 5.89. The van der Waals surface area contributed by atoms with E-state index in [9.17, 15) is 4.79 Å². The van der Waals surface area contributed by atoms with Crippen molar-refractivity contribution in [2.45, 2.75) is 45.6 Å². The second-order valence-electron chi connectivity index (χ2n) is 4.82. The van der Waals surface area contributed by atoms with Crippen LogP contribution in [0.3, 0.4) is 0 Å². The van der Waals surface area contributed by atoms with Gasteiger partial charge < -0.3 is 4.74 Å². The first kappa shape index (κ1) is 13.0. The van der Waals surface area contributed by atoms with Crippen molar-refractivity contribution in [1.29, 1.82) is 0 Å². The number of nitrogens with zero attached hydrogens (tertiary/aromatic N) is 1. The second-order valence-corrected chi connectivity index (χ2v) is 4.82. The molecule has 1 heterocycles. The lowest BCUT2D eigenvalue weighted by Gasteiger charge is -2.26. The molecule has 1 aliphatic rings. The van der Waals surface area contributed by atoms with E-state index in [1.165, 1.54) is 5.06 Å². The van der Waals surface area contributed by atoms with Gasteiger partial charge >= 0.3 is 6.09 Å². The zero-order chi connectivity index (χ0) is 12.0. The van der Waals surface area contributed by atoms with E-state index in [-0.39, 0.29) is 0 Å². The monoisotopic (exact) mass is 227 g/mol. The highest BCUT2D eigenvalue weighted by Crippen LogP contribution is 2.12. The summed E-state index contributed by atoms with van der Waals surface area (Å²) in [6.45, 7) is 6.66. The van der Waals surface area contributed by atoms with Crippen LogP contribution in [0.15, 0.2) is 12.2 Å². The Kier molecular flexibility index (Phi) is 4.80. The highest BCUT2D eigenvalue weighted by Gasteiger charge is 2.22. The van der Waals surface area contributed by atoms with Crippen LogP contribution in [-0.2, 0) is 9.57 Å². The zero-order valence-electron chi connectivity index (χ0n) is 10.4. The predicted octanol–water partition coefficient (Wildman–Crippen LogP) is 2.90. The number of carbonyl (C=O) groups excluding carboxylic acids is 1. The Morgan fingerprint density at radius 1 is 1.31 bits per heavy atom. The summed E-state index contributed by atoms with van der Waals surface area (Å²) in [5.74, 6) is 0. The van der Waals surface area contributed by atoms with Crippen molar-refractivity contribution >= 4 is 6.09 Å². The maximum atomic E-state index is 11.7. The fourth-order valence-electron chi connectivity index (χ4n) is 1.34. The van der Waals surface area contributed by atoms with Crippen LogP contribution in [0.25, 0.3) is 0 Å². The van der Waals surface area contributed by atoms with Crippen molar-refractivity contribution in [3.63, 3.8) is 0 Å². The Hall–Kier alpha value is -1.03. The molecule has 0 aromatic carbocycles. The summed E-state index contributed by atoms with van der Waals surface area (Å²) in [5.41, 5.74) is -0.475. The molecule has 0 saturated carbocycles. The van der Waals surface area contributed by atoms with E-state index in [2.05, 4.69) is 12.2 Å². The van der Waals surface area contributed by atoms with E-state index in [0.717, 1.165) is 19.3 Å². The highest BCUT2D eigenvalue weighted by atomic mass is 16.7. The molecule has 1 rings (SSSR count). The zero-order valence-corrected chi connectivity index (χ0v) is 10.4. The molecule has 1 aliphatic heterocycles. The number of ether oxygens (including phenoxy) is 1. The molecule has 0 aliphatic carbocycles. The van der Waals surface area contributed by atoms with Gasteiger partial charge in [0.15, 0.2) is 0 Å². The number of carbonyl (C=O) groups is 1. The summed E-state index contributed by atoms with van der Waals surface area (Å²) in [6, 6.07) is 0. The van der Waals surface area contributed by atoms with E-state index in [4.69, 9.17) is 9.57 Å². The van der Waals surface area contributed by atoms with Crippen LogP contribution in [-0.4, -0.2) is 29.9 Å². The highest BCUT2D eigenvalue weighted by molar-refractivity contribution is 5.66. The molecule has 4 heteroatoms. The topological polar surface area (TPSA) is 38.8 Å². The molecule has 0 spiro atoms. The molecule has 0 radical (unpaired) electrons. The lowest BCUT2D eigenvalue weighted by Crippen LogP contribution is -2.37. The van der Waals surface area contributed by atoms with E-state index in [1.54, 1.807) is 0 Å². The summed E-state index contributed by atoms with van der Waals surface area (Å²) in [7, 11) is 0. The van der Waals surface area contributed by atoms with E-state index >= 15 is 0 Å². The van der Waals surface area contributed by atoms with Gasteiger partial charge in [-0.25, -0.2) is 4.79 Å². The quantitative estimate of drug-likeness (QED) is 0.597. The van der Waals surface area contributed by atoms with Crippen LogP contribution in [0, 0.1) is 0 Å². The lowest BCUT2D eigenvalue weighted by molar-refractivity contribution is -0.145. The van der Waals surface area contributed by atoms with Crippen LogP contribution in [0.2, 0.25) is 0 Å². The minimum absolute atomic E-state index is 0.394. The van der Waals surface area contributed by atoms with E-state index < -0.39 is 11.7 Å². The van der Waals surface area contributed by atoms with Crippen molar-refractivity contribution in [2.24, 2.45) is 0 Å². The largest absolute Gasteiger partial charge is 0.442 e. The lowest BCUT2D eigenvalue weighted by atomic mass is 10.2. The van der Waals surface area contributed by atoms with Crippen LogP contribution >= 0.6 is 0 Å². The maximum absolute atomic E-state index is 11.7. The summed E-state index contributed by atoms with van der Waals surface area (Å²) in [6.07, 6.45) is 6.52. The minimum Gasteiger partial charge on any atom is -0.442 e. The van der Waals surface area contributed by atoms with Crippen molar-refractivity contribution < 1.29 is 14.4 Å². The average molecular weight is 227 g/mol. The van der Waals surface area contributed by atoms with Gasteiger partial charge in [-0.3, -0.25) is 4.84 Å². The first-order chi connectivity index (χ1) is 7.49. The van der Waals surface area contributed by atoms with Gasteiger partial charge in [0.25, 0.3) is 0 Å². The average Bonchev–Trinajstić information content (AvgIpc) is 2.27. The van der Waals surface area contributed by atoms with Gasteiger partial charge in [-0.15, -0.1) is 0 Å². The molecule has 4 nitrogen and oxygen atoms in total. The molecule has 0 aromatic heterocycles. The smallest absolute Gasteiger partial charge is 0.434 e. The number of rotatable bonds is 0. The number of hydroxylamine groups is 2. The minimum atomic E-state index is -0.475. The molecule has 0 N–H and O–H groups in total. The normalized spacial score (nSPS) is 20.6.